The lowest BCUT2D eigenvalue weighted by molar-refractivity contribution is -0.116. The van der Waals surface area contributed by atoms with Crippen LogP contribution in [-0.2, 0) is 21.4 Å². The molecule has 0 aliphatic heterocycles. The molecule has 0 aromatic heterocycles. The molecule has 0 atom stereocenters. The van der Waals surface area contributed by atoms with Gasteiger partial charge in [0.25, 0.3) is 0 Å². The molecule has 0 aliphatic carbocycles. The predicted molar refractivity (Wildman–Crippen MR) is 123 cm³/mol. The maximum Gasteiger partial charge on any atom is 0.243 e. The Morgan fingerprint density at radius 3 is 2.33 bits per heavy atom. The van der Waals surface area contributed by atoms with Gasteiger partial charge in [0.1, 0.15) is 0 Å². The van der Waals surface area contributed by atoms with Gasteiger partial charge in [-0.15, -0.1) is 0 Å². The normalized spacial score (nSPS) is 11.5. The summed E-state index contributed by atoms with van der Waals surface area (Å²) >= 11 is 9.33. The Bertz CT molecular complexity index is 1140. The number of rotatable bonds is 7. The number of amides is 1. The summed E-state index contributed by atoms with van der Waals surface area (Å²) in [6.45, 7) is 1.56. The number of nitrogens with zero attached hydrogens (tertiary/aromatic N) is 1. The molecule has 0 radical (unpaired) electrons. The molecule has 8 heteroatoms. The first-order chi connectivity index (χ1) is 14.3. The molecule has 0 heterocycles. The molecule has 156 valence electrons. The Labute approximate surface area is 189 Å². The number of nitrogens with one attached hydrogen (secondary N) is 1. The fourth-order valence-corrected chi connectivity index (χ4v) is 4.77. The Balaban J connectivity index is 1.86. The molecular weight excluding hydrogens is 488 g/mol. The SMILES string of the molecule is Cc1cc(Cl)ccc1NC(=O)CN(Cc1ccc(Br)cc1)S(=O)(=O)c1ccccc1. The Kier molecular flexibility index (Phi) is 7.31. The van der Waals surface area contributed by atoms with Crippen LogP contribution in [0.2, 0.25) is 5.02 Å². The molecule has 1 amide bonds. The number of aryl methyl sites for hydroxylation is 1. The summed E-state index contributed by atoms with van der Waals surface area (Å²) in [5.41, 5.74) is 2.15. The molecule has 0 spiro atoms. The summed E-state index contributed by atoms with van der Waals surface area (Å²) < 4.78 is 28.5. The minimum atomic E-state index is -3.87. The van der Waals surface area contributed by atoms with Crippen molar-refractivity contribution < 1.29 is 13.2 Å². The summed E-state index contributed by atoms with van der Waals surface area (Å²) in [5.74, 6) is -0.433. The van der Waals surface area contributed by atoms with E-state index >= 15 is 0 Å². The van der Waals surface area contributed by atoms with Crippen molar-refractivity contribution in [2.75, 3.05) is 11.9 Å². The summed E-state index contributed by atoms with van der Waals surface area (Å²) in [6.07, 6.45) is 0. The van der Waals surface area contributed by atoms with Crippen LogP contribution in [-0.4, -0.2) is 25.2 Å². The fourth-order valence-electron chi connectivity index (χ4n) is 2.88. The minimum absolute atomic E-state index is 0.0670. The van der Waals surface area contributed by atoms with E-state index in [9.17, 15) is 13.2 Å². The van der Waals surface area contributed by atoms with E-state index in [0.717, 1.165) is 15.6 Å². The smallest absolute Gasteiger partial charge is 0.243 e. The van der Waals surface area contributed by atoms with Crippen LogP contribution in [0.25, 0.3) is 0 Å². The number of hydrogen-bond donors (Lipinski definition) is 1. The lowest BCUT2D eigenvalue weighted by atomic mass is 10.2. The van der Waals surface area contributed by atoms with Crippen molar-refractivity contribution in [2.24, 2.45) is 0 Å². The highest BCUT2D eigenvalue weighted by Crippen LogP contribution is 2.22. The average Bonchev–Trinajstić information content (AvgIpc) is 2.72. The number of benzene rings is 3. The summed E-state index contributed by atoms with van der Waals surface area (Å²) in [4.78, 5) is 12.9. The van der Waals surface area contributed by atoms with Crippen LogP contribution in [0.15, 0.2) is 82.2 Å². The van der Waals surface area contributed by atoms with Gasteiger partial charge in [0.15, 0.2) is 0 Å². The monoisotopic (exact) mass is 506 g/mol. The number of carbonyl (C=O) groups excluding carboxylic acids is 1. The van der Waals surface area contributed by atoms with Gasteiger partial charge in [-0.1, -0.05) is 57.9 Å². The molecule has 3 aromatic carbocycles. The number of anilines is 1. The van der Waals surface area contributed by atoms with Gasteiger partial charge in [0.2, 0.25) is 15.9 Å². The van der Waals surface area contributed by atoms with Gasteiger partial charge in [-0.05, 0) is 60.5 Å². The van der Waals surface area contributed by atoms with Crippen LogP contribution in [0.3, 0.4) is 0 Å². The summed E-state index contributed by atoms with van der Waals surface area (Å²) in [7, 11) is -3.87. The van der Waals surface area contributed by atoms with E-state index in [-0.39, 0.29) is 18.0 Å². The van der Waals surface area contributed by atoms with Crippen LogP contribution < -0.4 is 5.32 Å². The molecule has 1 N–H and O–H groups in total. The molecule has 3 rings (SSSR count). The second-order valence-corrected chi connectivity index (χ2v) is 10.0. The van der Waals surface area contributed by atoms with Crippen LogP contribution in [0.5, 0.6) is 0 Å². The van der Waals surface area contributed by atoms with E-state index in [1.807, 2.05) is 31.2 Å². The number of sulfonamides is 1. The highest BCUT2D eigenvalue weighted by atomic mass is 79.9. The van der Waals surface area contributed by atoms with Gasteiger partial charge in [-0.25, -0.2) is 8.42 Å². The Morgan fingerprint density at radius 2 is 1.70 bits per heavy atom. The van der Waals surface area contributed by atoms with E-state index < -0.39 is 15.9 Å². The van der Waals surface area contributed by atoms with Crippen molar-refractivity contribution in [3.05, 3.63) is 93.4 Å². The van der Waals surface area contributed by atoms with Crippen molar-refractivity contribution >= 4 is 49.1 Å². The van der Waals surface area contributed by atoms with Crippen molar-refractivity contribution in [2.45, 2.75) is 18.4 Å². The predicted octanol–water partition coefficient (Wildman–Crippen LogP) is 5.24. The van der Waals surface area contributed by atoms with Crippen molar-refractivity contribution in [3.8, 4) is 0 Å². The third-order valence-corrected chi connectivity index (χ3v) is 7.01. The first-order valence-electron chi connectivity index (χ1n) is 9.11. The molecule has 0 fully saturated rings. The van der Waals surface area contributed by atoms with E-state index in [1.165, 1.54) is 16.4 Å². The van der Waals surface area contributed by atoms with Crippen molar-refractivity contribution in [1.29, 1.82) is 0 Å². The second kappa shape index (κ2) is 9.75. The number of hydrogen-bond acceptors (Lipinski definition) is 3. The molecule has 0 saturated carbocycles. The van der Waals surface area contributed by atoms with Crippen LogP contribution >= 0.6 is 27.5 Å². The second-order valence-electron chi connectivity index (χ2n) is 6.72. The van der Waals surface area contributed by atoms with Gasteiger partial charge in [-0.3, -0.25) is 4.79 Å². The zero-order valence-corrected chi connectivity index (χ0v) is 19.3. The van der Waals surface area contributed by atoms with Gasteiger partial charge in [0, 0.05) is 21.7 Å². The third kappa shape index (κ3) is 5.70. The maximum atomic E-state index is 13.2. The van der Waals surface area contributed by atoms with E-state index in [2.05, 4.69) is 21.2 Å². The average molecular weight is 508 g/mol. The highest BCUT2D eigenvalue weighted by Gasteiger charge is 2.27. The van der Waals surface area contributed by atoms with Crippen LogP contribution in [0.4, 0.5) is 5.69 Å². The number of carbonyl (C=O) groups is 1. The topological polar surface area (TPSA) is 66.5 Å². The zero-order valence-electron chi connectivity index (χ0n) is 16.2. The summed E-state index contributed by atoms with van der Waals surface area (Å²) in [6, 6.07) is 20.5. The first-order valence-corrected chi connectivity index (χ1v) is 11.7. The van der Waals surface area contributed by atoms with Gasteiger partial charge >= 0.3 is 0 Å². The van der Waals surface area contributed by atoms with Gasteiger partial charge in [0.05, 0.1) is 11.4 Å². The maximum absolute atomic E-state index is 13.2. The first kappa shape index (κ1) is 22.5. The Hall–Kier alpha value is -2.19. The molecule has 5 nitrogen and oxygen atoms in total. The largest absolute Gasteiger partial charge is 0.325 e. The lowest BCUT2D eigenvalue weighted by Gasteiger charge is -2.22. The molecule has 0 saturated heterocycles. The highest BCUT2D eigenvalue weighted by molar-refractivity contribution is 9.10. The van der Waals surface area contributed by atoms with Gasteiger partial charge < -0.3 is 5.32 Å². The van der Waals surface area contributed by atoms with Crippen LogP contribution in [0.1, 0.15) is 11.1 Å². The van der Waals surface area contributed by atoms with E-state index in [1.54, 1.807) is 36.4 Å². The molecule has 30 heavy (non-hydrogen) atoms. The van der Waals surface area contributed by atoms with E-state index in [0.29, 0.717) is 10.7 Å². The molecule has 3 aromatic rings. The minimum Gasteiger partial charge on any atom is -0.325 e. The quantitative estimate of drug-likeness (QED) is 0.475. The third-order valence-electron chi connectivity index (χ3n) is 4.44. The lowest BCUT2D eigenvalue weighted by Crippen LogP contribution is -2.37. The molecule has 0 bridgehead atoms. The van der Waals surface area contributed by atoms with Gasteiger partial charge in [-0.2, -0.15) is 4.31 Å². The Morgan fingerprint density at radius 1 is 1.03 bits per heavy atom. The van der Waals surface area contributed by atoms with Crippen molar-refractivity contribution in [3.63, 3.8) is 0 Å². The fraction of sp³-hybridized carbons (Fsp3) is 0.136. The number of halogens is 2. The standard InChI is InChI=1S/C22H20BrClN2O3S/c1-16-13-19(24)11-12-21(16)25-22(27)15-26(14-17-7-9-18(23)10-8-17)30(28,29)20-5-3-2-4-6-20/h2-13H,14-15H2,1H3,(H,25,27). The molecule has 0 aliphatic rings. The van der Waals surface area contributed by atoms with Crippen LogP contribution in [0, 0.1) is 6.92 Å². The molecular formula is C22H20BrClN2O3S. The zero-order chi connectivity index (χ0) is 21.7. The summed E-state index contributed by atoms with van der Waals surface area (Å²) in [5, 5.41) is 3.34. The van der Waals surface area contributed by atoms with E-state index in [4.69, 9.17) is 11.6 Å². The molecule has 0 unspecified atom stereocenters. The van der Waals surface area contributed by atoms with Crippen molar-refractivity contribution in [1.82, 2.24) is 4.31 Å².